The molecule has 0 bridgehead atoms. The Balaban J connectivity index is 2.82. The number of likely N-dealkylation sites (tertiary alicyclic amines) is 1. The zero-order chi connectivity index (χ0) is 10.2. The van der Waals surface area contributed by atoms with Crippen molar-refractivity contribution in [2.45, 2.75) is 38.8 Å². The average molecular weight is 186 g/mol. The molecule has 0 N–H and O–H groups in total. The summed E-state index contributed by atoms with van der Waals surface area (Å²) in [4.78, 5) is 12.8. The van der Waals surface area contributed by atoms with Gasteiger partial charge in [0.2, 0.25) is 6.04 Å². The average Bonchev–Trinajstić information content (AvgIpc) is 2.01. The molecule has 2 unspecified atom stereocenters. The van der Waals surface area contributed by atoms with Crippen molar-refractivity contribution in [3.8, 4) is 0 Å². The van der Waals surface area contributed by atoms with Crippen molar-refractivity contribution < 1.29 is 4.92 Å². The summed E-state index contributed by atoms with van der Waals surface area (Å²) in [5.41, 5.74) is -0.0595. The van der Waals surface area contributed by atoms with Crippen molar-refractivity contribution in [1.29, 1.82) is 0 Å². The third-order valence-corrected chi connectivity index (χ3v) is 3.71. The summed E-state index contributed by atoms with van der Waals surface area (Å²) in [7, 11) is 2.03. The number of rotatable bonds is 1. The maximum absolute atomic E-state index is 10.7. The van der Waals surface area contributed by atoms with Crippen LogP contribution in [0, 0.1) is 16.0 Å². The van der Waals surface area contributed by atoms with Gasteiger partial charge < -0.3 is 4.90 Å². The fraction of sp³-hybridized carbons (Fsp3) is 1.00. The van der Waals surface area contributed by atoms with Gasteiger partial charge in [-0.05, 0) is 20.9 Å². The summed E-state index contributed by atoms with van der Waals surface area (Å²) in [6, 6.07) is -0.369. The van der Waals surface area contributed by atoms with E-state index in [0.717, 1.165) is 6.54 Å². The topological polar surface area (TPSA) is 46.4 Å². The monoisotopic (exact) mass is 186 g/mol. The Morgan fingerprint density at radius 2 is 2.08 bits per heavy atom. The zero-order valence-corrected chi connectivity index (χ0v) is 8.78. The van der Waals surface area contributed by atoms with Gasteiger partial charge in [-0.1, -0.05) is 6.92 Å². The minimum atomic E-state index is -0.369. The van der Waals surface area contributed by atoms with Gasteiger partial charge in [-0.25, -0.2) is 0 Å². The lowest BCUT2D eigenvalue weighted by molar-refractivity contribution is -0.539. The smallest absolute Gasteiger partial charge is 0.218 e. The van der Waals surface area contributed by atoms with E-state index in [1.807, 2.05) is 14.0 Å². The van der Waals surface area contributed by atoms with E-state index in [-0.39, 0.29) is 22.4 Å². The van der Waals surface area contributed by atoms with Gasteiger partial charge >= 0.3 is 0 Å². The van der Waals surface area contributed by atoms with Crippen molar-refractivity contribution >= 4 is 0 Å². The Morgan fingerprint density at radius 3 is 2.54 bits per heavy atom. The van der Waals surface area contributed by atoms with E-state index in [1.165, 1.54) is 0 Å². The fourth-order valence-corrected chi connectivity index (χ4v) is 1.97. The van der Waals surface area contributed by atoms with E-state index in [4.69, 9.17) is 0 Å². The molecule has 1 aliphatic heterocycles. The molecule has 13 heavy (non-hydrogen) atoms. The first-order chi connectivity index (χ1) is 5.87. The van der Waals surface area contributed by atoms with E-state index in [2.05, 4.69) is 18.7 Å². The summed E-state index contributed by atoms with van der Waals surface area (Å²) >= 11 is 0. The molecular formula is C9H18N2O2. The number of nitro groups is 1. The van der Waals surface area contributed by atoms with Crippen LogP contribution in [0.2, 0.25) is 0 Å². The lowest BCUT2D eigenvalue weighted by atomic mass is 9.77. The Hall–Kier alpha value is -0.640. The number of hydrogen-bond acceptors (Lipinski definition) is 3. The molecule has 76 valence electrons. The second-order valence-electron chi connectivity index (χ2n) is 4.51. The van der Waals surface area contributed by atoms with E-state index < -0.39 is 0 Å². The highest BCUT2D eigenvalue weighted by Gasteiger charge is 2.45. The van der Waals surface area contributed by atoms with E-state index in [1.54, 1.807) is 0 Å². The van der Waals surface area contributed by atoms with Gasteiger partial charge in [-0.2, -0.15) is 0 Å². The van der Waals surface area contributed by atoms with E-state index in [9.17, 15) is 10.1 Å². The molecule has 0 aromatic heterocycles. The van der Waals surface area contributed by atoms with Crippen LogP contribution in [0.25, 0.3) is 0 Å². The van der Waals surface area contributed by atoms with Gasteiger partial charge in [-0.3, -0.25) is 10.1 Å². The molecule has 0 spiro atoms. The minimum Gasteiger partial charge on any atom is -0.300 e. The molecule has 1 saturated heterocycles. The Morgan fingerprint density at radius 1 is 1.54 bits per heavy atom. The Kier molecular flexibility index (Phi) is 2.61. The normalized spacial score (nSPS) is 34.5. The summed E-state index contributed by atoms with van der Waals surface area (Å²) in [6.07, 6.45) is 0.675. The van der Waals surface area contributed by atoms with Crippen molar-refractivity contribution in [2.75, 3.05) is 13.6 Å². The highest BCUT2D eigenvalue weighted by molar-refractivity contribution is 4.93. The van der Waals surface area contributed by atoms with Crippen molar-refractivity contribution in [3.05, 3.63) is 10.1 Å². The summed E-state index contributed by atoms with van der Waals surface area (Å²) < 4.78 is 0. The van der Waals surface area contributed by atoms with Crippen molar-refractivity contribution in [2.24, 2.45) is 5.92 Å². The molecule has 0 radical (unpaired) electrons. The van der Waals surface area contributed by atoms with Crippen LogP contribution in [-0.2, 0) is 0 Å². The highest BCUT2D eigenvalue weighted by atomic mass is 16.6. The van der Waals surface area contributed by atoms with Gasteiger partial charge in [0.25, 0.3) is 0 Å². The van der Waals surface area contributed by atoms with Gasteiger partial charge in [0.05, 0.1) is 0 Å². The number of nitrogens with zero attached hydrogens (tertiary/aromatic N) is 2. The van der Waals surface area contributed by atoms with Crippen molar-refractivity contribution in [3.63, 3.8) is 0 Å². The van der Waals surface area contributed by atoms with Crippen LogP contribution in [-0.4, -0.2) is 35.0 Å². The standard InChI is InChI=1S/C9H18N2O2/c1-7-8(11(12)13)5-6-10(4)9(7,2)3/h7-8H,5-6H2,1-4H3. The molecule has 2 atom stereocenters. The first-order valence-electron chi connectivity index (χ1n) is 4.72. The predicted molar refractivity (Wildman–Crippen MR) is 51.3 cm³/mol. The third kappa shape index (κ3) is 1.68. The van der Waals surface area contributed by atoms with Crippen LogP contribution in [0.1, 0.15) is 27.2 Å². The van der Waals surface area contributed by atoms with Crippen LogP contribution >= 0.6 is 0 Å². The van der Waals surface area contributed by atoms with Crippen LogP contribution in [0.4, 0.5) is 0 Å². The third-order valence-electron chi connectivity index (χ3n) is 3.71. The summed E-state index contributed by atoms with van der Waals surface area (Å²) in [5, 5.41) is 10.7. The molecule has 1 fully saturated rings. The lowest BCUT2D eigenvalue weighted by Gasteiger charge is -2.45. The van der Waals surface area contributed by atoms with Crippen LogP contribution in [0.3, 0.4) is 0 Å². The molecule has 0 amide bonds. The first-order valence-corrected chi connectivity index (χ1v) is 4.72. The first kappa shape index (κ1) is 10.4. The Labute approximate surface area is 79.1 Å². The van der Waals surface area contributed by atoms with Gasteiger partial charge in [0.1, 0.15) is 0 Å². The number of hydrogen-bond donors (Lipinski definition) is 0. The van der Waals surface area contributed by atoms with Gasteiger partial charge in [-0.15, -0.1) is 0 Å². The maximum Gasteiger partial charge on any atom is 0.218 e. The van der Waals surface area contributed by atoms with Crippen LogP contribution < -0.4 is 0 Å². The lowest BCUT2D eigenvalue weighted by Crippen LogP contribution is -2.57. The molecule has 4 heteroatoms. The molecule has 4 nitrogen and oxygen atoms in total. The van der Waals surface area contributed by atoms with Gasteiger partial charge in [0, 0.05) is 29.3 Å². The molecule has 1 heterocycles. The SMILES string of the molecule is CC1C([N+](=O)[O-])CCN(C)C1(C)C. The molecule has 0 aromatic carbocycles. The fourth-order valence-electron chi connectivity index (χ4n) is 1.97. The maximum atomic E-state index is 10.7. The summed E-state index contributed by atoms with van der Waals surface area (Å²) in [6.45, 7) is 6.95. The molecule has 0 saturated carbocycles. The van der Waals surface area contributed by atoms with Crippen LogP contribution in [0.15, 0.2) is 0 Å². The minimum absolute atomic E-state index is 0.0595. The van der Waals surface area contributed by atoms with Crippen molar-refractivity contribution in [1.82, 2.24) is 4.90 Å². The second-order valence-corrected chi connectivity index (χ2v) is 4.51. The Bertz CT molecular complexity index is 216. The summed E-state index contributed by atoms with van der Waals surface area (Å²) in [5.74, 6) is 0.112. The molecule has 0 aliphatic carbocycles. The number of piperidine rings is 1. The predicted octanol–water partition coefficient (Wildman–Crippen LogP) is 1.38. The van der Waals surface area contributed by atoms with E-state index in [0.29, 0.717) is 6.42 Å². The molecule has 0 aromatic rings. The largest absolute Gasteiger partial charge is 0.300 e. The van der Waals surface area contributed by atoms with Crippen LogP contribution in [0.5, 0.6) is 0 Å². The molecular weight excluding hydrogens is 168 g/mol. The zero-order valence-electron chi connectivity index (χ0n) is 8.78. The quantitative estimate of drug-likeness (QED) is 0.459. The van der Waals surface area contributed by atoms with E-state index >= 15 is 0 Å². The highest BCUT2D eigenvalue weighted by Crippen LogP contribution is 2.32. The second kappa shape index (κ2) is 3.25. The van der Waals surface area contributed by atoms with Gasteiger partial charge in [0.15, 0.2) is 0 Å². The molecule has 1 aliphatic rings. The molecule has 1 rings (SSSR count).